The van der Waals surface area contributed by atoms with Gasteiger partial charge in [-0.15, -0.1) is 5.10 Å². The monoisotopic (exact) mass is 366 g/mol. The van der Waals surface area contributed by atoms with Gasteiger partial charge in [0.05, 0.1) is 6.26 Å². The molecule has 0 aliphatic rings. The van der Waals surface area contributed by atoms with Gasteiger partial charge in [0, 0.05) is 13.0 Å². The Morgan fingerprint density at radius 1 is 1.22 bits per heavy atom. The number of carbonyl (C=O) groups is 1. The van der Waals surface area contributed by atoms with Crippen LogP contribution in [-0.4, -0.2) is 20.7 Å². The zero-order valence-electron chi connectivity index (χ0n) is 16.1. The summed E-state index contributed by atoms with van der Waals surface area (Å²) < 4.78 is 6.73. The van der Waals surface area contributed by atoms with Gasteiger partial charge in [-0.25, -0.2) is 0 Å². The molecule has 142 valence electrons. The van der Waals surface area contributed by atoms with Crippen molar-refractivity contribution in [1.29, 1.82) is 0 Å². The standard InChI is InChI=1S/C21H26N4O2/c1-4-5-8-19(26)25-21(23-20(24-25)18-7-6-13-27-18)22-14-16-9-11-17(12-10-16)15(2)3/h6-7,9-13,15H,4-5,8,14H2,1-3H3,(H,22,23,24). The second kappa shape index (κ2) is 8.66. The third-order valence-corrected chi connectivity index (χ3v) is 4.43. The summed E-state index contributed by atoms with van der Waals surface area (Å²) in [7, 11) is 0. The molecule has 3 aromatic rings. The van der Waals surface area contributed by atoms with Crippen molar-refractivity contribution in [2.75, 3.05) is 5.32 Å². The van der Waals surface area contributed by atoms with Crippen LogP contribution in [0.15, 0.2) is 47.1 Å². The van der Waals surface area contributed by atoms with Crippen molar-refractivity contribution >= 4 is 11.9 Å². The number of furan rings is 1. The molecule has 0 aliphatic heterocycles. The smallest absolute Gasteiger partial charge is 0.250 e. The highest BCUT2D eigenvalue weighted by Crippen LogP contribution is 2.20. The quantitative estimate of drug-likeness (QED) is 0.600. The maximum absolute atomic E-state index is 12.5. The van der Waals surface area contributed by atoms with Crippen molar-refractivity contribution in [3.63, 3.8) is 0 Å². The maximum Gasteiger partial charge on any atom is 0.250 e. The lowest BCUT2D eigenvalue weighted by molar-refractivity contribution is 0.0886. The molecular formula is C21H26N4O2. The molecule has 0 amide bonds. The summed E-state index contributed by atoms with van der Waals surface area (Å²) >= 11 is 0. The molecule has 6 nitrogen and oxygen atoms in total. The van der Waals surface area contributed by atoms with Gasteiger partial charge < -0.3 is 9.73 Å². The maximum atomic E-state index is 12.5. The normalized spacial score (nSPS) is 11.1. The van der Waals surface area contributed by atoms with Gasteiger partial charge in [-0.2, -0.15) is 9.67 Å². The summed E-state index contributed by atoms with van der Waals surface area (Å²) in [5.74, 6) is 1.82. The Labute approximate surface area is 159 Å². The second-order valence-corrected chi connectivity index (χ2v) is 6.90. The minimum atomic E-state index is -0.0696. The summed E-state index contributed by atoms with van der Waals surface area (Å²) in [5, 5.41) is 7.60. The van der Waals surface area contributed by atoms with Crippen molar-refractivity contribution in [3.8, 4) is 11.6 Å². The van der Waals surface area contributed by atoms with Crippen molar-refractivity contribution in [2.24, 2.45) is 0 Å². The number of rotatable bonds is 8. The molecule has 0 aliphatic carbocycles. The number of benzene rings is 1. The second-order valence-electron chi connectivity index (χ2n) is 6.90. The topological polar surface area (TPSA) is 73.0 Å². The van der Waals surface area contributed by atoms with Crippen LogP contribution in [0.2, 0.25) is 0 Å². The van der Waals surface area contributed by atoms with E-state index in [-0.39, 0.29) is 5.91 Å². The summed E-state index contributed by atoms with van der Waals surface area (Å²) in [6.07, 6.45) is 3.79. The third kappa shape index (κ3) is 4.64. The Hall–Kier alpha value is -2.89. The van der Waals surface area contributed by atoms with Crippen LogP contribution in [0.25, 0.3) is 11.6 Å². The van der Waals surface area contributed by atoms with Crippen LogP contribution in [-0.2, 0) is 6.54 Å². The van der Waals surface area contributed by atoms with Crippen LogP contribution in [0, 0.1) is 0 Å². The van der Waals surface area contributed by atoms with Crippen LogP contribution in [0.3, 0.4) is 0 Å². The van der Waals surface area contributed by atoms with Crippen LogP contribution < -0.4 is 5.32 Å². The van der Waals surface area contributed by atoms with E-state index in [9.17, 15) is 4.79 Å². The Morgan fingerprint density at radius 3 is 2.63 bits per heavy atom. The van der Waals surface area contributed by atoms with Crippen LogP contribution in [0.5, 0.6) is 0 Å². The van der Waals surface area contributed by atoms with Crippen LogP contribution >= 0.6 is 0 Å². The average Bonchev–Trinajstić information content (AvgIpc) is 3.34. The fraction of sp³-hybridized carbons (Fsp3) is 0.381. The fourth-order valence-corrected chi connectivity index (χ4v) is 2.75. The average molecular weight is 366 g/mol. The zero-order valence-corrected chi connectivity index (χ0v) is 16.1. The molecule has 0 fully saturated rings. The third-order valence-electron chi connectivity index (χ3n) is 4.43. The van der Waals surface area contributed by atoms with Gasteiger partial charge in [-0.3, -0.25) is 4.79 Å². The number of unbranched alkanes of at least 4 members (excludes halogenated alkanes) is 1. The number of hydrogen-bond acceptors (Lipinski definition) is 5. The first kappa shape index (κ1) is 18.9. The predicted molar refractivity (Wildman–Crippen MR) is 106 cm³/mol. The number of nitrogens with zero attached hydrogens (tertiary/aromatic N) is 3. The highest BCUT2D eigenvalue weighted by Gasteiger charge is 2.18. The molecule has 6 heteroatoms. The first-order valence-corrected chi connectivity index (χ1v) is 9.45. The Bertz CT molecular complexity index is 864. The molecule has 0 saturated carbocycles. The lowest BCUT2D eigenvalue weighted by Gasteiger charge is -2.09. The lowest BCUT2D eigenvalue weighted by atomic mass is 10.0. The van der Waals surface area contributed by atoms with Gasteiger partial charge in [0.15, 0.2) is 5.76 Å². The zero-order chi connectivity index (χ0) is 19.2. The molecule has 0 unspecified atom stereocenters. The molecule has 0 radical (unpaired) electrons. The van der Waals surface area contributed by atoms with Crippen molar-refractivity contribution in [3.05, 3.63) is 53.8 Å². The van der Waals surface area contributed by atoms with Gasteiger partial charge in [0.1, 0.15) is 0 Å². The van der Waals surface area contributed by atoms with E-state index in [1.165, 1.54) is 10.2 Å². The number of anilines is 1. The van der Waals surface area contributed by atoms with E-state index in [2.05, 4.69) is 60.4 Å². The Balaban J connectivity index is 1.78. The Morgan fingerprint density at radius 2 is 2.00 bits per heavy atom. The van der Waals surface area contributed by atoms with Gasteiger partial charge in [-0.1, -0.05) is 51.5 Å². The first-order chi connectivity index (χ1) is 13.1. The molecule has 3 rings (SSSR count). The SMILES string of the molecule is CCCCC(=O)n1nc(-c2ccco2)nc1NCc1ccc(C(C)C)cc1. The summed E-state index contributed by atoms with van der Waals surface area (Å²) in [6, 6.07) is 12.0. The minimum absolute atomic E-state index is 0.0696. The van der Waals surface area contributed by atoms with E-state index >= 15 is 0 Å². The lowest BCUT2D eigenvalue weighted by Crippen LogP contribution is -2.16. The van der Waals surface area contributed by atoms with Crippen LogP contribution in [0.1, 0.15) is 61.9 Å². The molecule has 2 heterocycles. The van der Waals surface area contributed by atoms with Gasteiger partial charge >= 0.3 is 0 Å². The van der Waals surface area contributed by atoms with Crippen LogP contribution in [0.4, 0.5) is 5.95 Å². The molecule has 0 saturated heterocycles. The molecule has 0 atom stereocenters. The predicted octanol–water partition coefficient (Wildman–Crippen LogP) is 5.10. The fourth-order valence-electron chi connectivity index (χ4n) is 2.75. The van der Waals surface area contributed by atoms with Gasteiger partial charge in [0.25, 0.3) is 0 Å². The summed E-state index contributed by atoms with van der Waals surface area (Å²) in [4.78, 5) is 17.0. The molecule has 0 bridgehead atoms. The number of nitrogens with one attached hydrogen (secondary N) is 1. The molecule has 0 spiro atoms. The number of carbonyl (C=O) groups excluding carboxylic acids is 1. The first-order valence-electron chi connectivity index (χ1n) is 9.45. The van der Waals surface area contributed by atoms with E-state index in [0.29, 0.717) is 36.4 Å². The number of hydrogen-bond donors (Lipinski definition) is 1. The van der Waals surface area contributed by atoms with E-state index in [0.717, 1.165) is 18.4 Å². The van der Waals surface area contributed by atoms with Crippen molar-refractivity contribution in [1.82, 2.24) is 14.8 Å². The van der Waals surface area contributed by atoms with Gasteiger partial charge in [-0.05, 0) is 35.6 Å². The molecule has 1 aromatic carbocycles. The number of aromatic nitrogens is 3. The van der Waals surface area contributed by atoms with Gasteiger partial charge in [0.2, 0.25) is 17.7 Å². The van der Waals surface area contributed by atoms with E-state index in [1.807, 2.05) is 0 Å². The molecule has 1 N–H and O–H groups in total. The Kier molecular flexibility index (Phi) is 6.06. The van der Waals surface area contributed by atoms with E-state index in [4.69, 9.17) is 4.42 Å². The highest BCUT2D eigenvalue weighted by atomic mass is 16.3. The molecule has 2 aromatic heterocycles. The summed E-state index contributed by atoms with van der Waals surface area (Å²) in [5.41, 5.74) is 2.42. The van der Waals surface area contributed by atoms with Crippen molar-refractivity contribution < 1.29 is 9.21 Å². The largest absolute Gasteiger partial charge is 0.461 e. The molecule has 27 heavy (non-hydrogen) atoms. The van der Waals surface area contributed by atoms with Crippen molar-refractivity contribution in [2.45, 2.75) is 52.5 Å². The minimum Gasteiger partial charge on any atom is -0.461 e. The highest BCUT2D eigenvalue weighted by molar-refractivity contribution is 5.81. The van der Waals surface area contributed by atoms with E-state index in [1.54, 1.807) is 18.4 Å². The summed E-state index contributed by atoms with van der Waals surface area (Å²) in [6.45, 7) is 6.97. The molecular weight excluding hydrogens is 340 g/mol. The van der Waals surface area contributed by atoms with E-state index < -0.39 is 0 Å².